The van der Waals surface area contributed by atoms with E-state index in [-0.39, 0.29) is 10.8 Å². The van der Waals surface area contributed by atoms with Crippen molar-refractivity contribution in [3.05, 3.63) is 58.7 Å². The molecule has 2 aromatic carbocycles. The van der Waals surface area contributed by atoms with Crippen molar-refractivity contribution in [2.75, 3.05) is 0 Å². The molecule has 4 nitrogen and oxygen atoms in total. The summed E-state index contributed by atoms with van der Waals surface area (Å²) in [5.74, 6) is 7.60. The van der Waals surface area contributed by atoms with Gasteiger partial charge in [-0.2, -0.15) is 0 Å². The van der Waals surface area contributed by atoms with E-state index in [9.17, 15) is 20.1 Å². The van der Waals surface area contributed by atoms with Crippen molar-refractivity contribution in [2.45, 2.75) is 108 Å². The van der Waals surface area contributed by atoms with Crippen LogP contribution in [0.15, 0.2) is 36.4 Å². The van der Waals surface area contributed by atoms with Crippen LogP contribution in [0.5, 0.6) is 11.5 Å². The van der Waals surface area contributed by atoms with E-state index in [2.05, 4.69) is 31.9 Å². The van der Waals surface area contributed by atoms with Crippen molar-refractivity contribution < 1.29 is 20.1 Å². The number of aliphatic hydroxyl groups is 1. The van der Waals surface area contributed by atoms with Crippen molar-refractivity contribution in [3.8, 4) is 23.8 Å². The Hall–Kier alpha value is -2.77. The van der Waals surface area contributed by atoms with Crippen molar-refractivity contribution in [3.63, 3.8) is 0 Å². The molecule has 6 aliphatic rings. The van der Waals surface area contributed by atoms with Crippen LogP contribution in [0.1, 0.15) is 112 Å². The third kappa shape index (κ3) is 4.02. The fourth-order valence-electron chi connectivity index (χ4n) is 11.2. The van der Waals surface area contributed by atoms with Crippen LogP contribution < -0.4 is 0 Å². The summed E-state index contributed by atoms with van der Waals surface area (Å²) in [5, 5.41) is 30.3. The van der Waals surface area contributed by atoms with Gasteiger partial charge in [-0.3, -0.25) is 4.79 Å². The van der Waals surface area contributed by atoms with Gasteiger partial charge in [-0.15, -0.1) is 6.42 Å². The Labute approximate surface area is 250 Å². The molecule has 8 rings (SSSR count). The van der Waals surface area contributed by atoms with E-state index in [1.54, 1.807) is 0 Å². The molecule has 4 heteroatoms. The zero-order valence-corrected chi connectivity index (χ0v) is 25.2. The molecule has 0 saturated heterocycles. The molecule has 0 radical (unpaired) electrons. The number of phenolic OH excluding ortho intramolecular Hbond substituents is 2. The highest BCUT2D eigenvalue weighted by Gasteiger charge is 2.61. The summed E-state index contributed by atoms with van der Waals surface area (Å²) in [6, 6.07) is 11.8. The molecule has 4 saturated carbocycles. The summed E-state index contributed by atoms with van der Waals surface area (Å²) in [6.45, 7) is 4.43. The molecule has 0 spiro atoms. The zero-order chi connectivity index (χ0) is 29.4. The van der Waals surface area contributed by atoms with Crippen LogP contribution in [0.25, 0.3) is 0 Å². The third-order valence-electron chi connectivity index (χ3n) is 13.5. The Balaban J connectivity index is 0.000000138. The third-order valence-corrected chi connectivity index (χ3v) is 13.5. The molecule has 2 aromatic rings. The molecule has 0 heterocycles. The number of benzene rings is 2. The van der Waals surface area contributed by atoms with Gasteiger partial charge < -0.3 is 15.3 Å². The van der Waals surface area contributed by atoms with Gasteiger partial charge in [-0.1, -0.05) is 31.9 Å². The number of fused-ring (bicyclic) bond motifs is 10. The quantitative estimate of drug-likeness (QED) is 0.290. The maximum atomic E-state index is 12.3. The Morgan fingerprint density at radius 3 is 1.90 bits per heavy atom. The highest BCUT2D eigenvalue weighted by molar-refractivity contribution is 5.87. The highest BCUT2D eigenvalue weighted by atomic mass is 16.3. The van der Waals surface area contributed by atoms with Crippen molar-refractivity contribution in [2.24, 2.45) is 34.5 Å². The first-order valence-corrected chi connectivity index (χ1v) is 16.4. The zero-order valence-electron chi connectivity index (χ0n) is 25.2. The first kappa shape index (κ1) is 28.0. The first-order chi connectivity index (χ1) is 20.1. The number of ketones is 1. The van der Waals surface area contributed by atoms with E-state index in [1.165, 1.54) is 28.7 Å². The van der Waals surface area contributed by atoms with Crippen LogP contribution in [0.2, 0.25) is 0 Å². The fourth-order valence-corrected chi connectivity index (χ4v) is 11.2. The number of terminal acetylenes is 1. The standard InChI is InChI=1S/C20H24O2.C18H22O2/c1-3-20(22)11-9-18-17-6-4-13-12-14(21)5-7-15(13)16(17)8-10-19(18,20)2;1-18-9-8-14-13-5-3-12(19)10-11(13)2-4-15(14)16(18)6-7-17(18)20/h1,5,7,12,16-18,21-22H,4,6,8-11H2,2H3;3,5,10,14-16,19H,2,4,6-9H2,1H3/t16-,17-,18+,19+,20+;14-,15-,16+,18+/m11/s1. The normalized spacial score (nSPS) is 41.0. The second-order valence-corrected chi connectivity index (χ2v) is 15.0. The van der Waals surface area contributed by atoms with Crippen LogP contribution in [-0.2, 0) is 17.6 Å². The molecule has 42 heavy (non-hydrogen) atoms. The summed E-state index contributed by atoms with van der Waals surface area (Å²) in [7, 11) is 0. The van der Waals surface area contributed by atoms with Gasteiger partial charge in [0.05, 0.1) is 0 Å². The average molecular weight is 567 g/mol. The van der Waals surface area contributed by atoms with Crippen molar-refractivity contribution >= 4 is 5.78 Å². The molecular formula is C38H46O4. The van der Waals surface area contributed by atoms with E-state index in [0.29, 0.717) is 52.8 Å². The number of carbonyl (C=O) groups excluding carboxylic acids is 1. The minimum absolute atomic E-state index is 0.0322. The van der Waals surface area contributed by atoms with Gasteiger partial charge in [-0.05, 0) is 153 Å². The van der Waals surface area contributed by atoms with Gasteiger partial charge >= 0.3 is 0 Å². The minimum atomic E-state index is -0.919. The van der Waals surface area contributed by atoms with E-state index in [0.717, 1.165) is 70.6 Å². The minimum Gasteiger partial charge on any atom is -0.508 e. The maximum Gasteiger partial charge on any atom is 0.139 e. The van der Waals surface area contributed by atoms with E-state index < -0.39 is 5.60 Å². The van der Waals surface area contributed by atoms with Crippen molar-refractivity contribution in [1.82, 2.24) is 0 Å². The number of carbonyl (C=O) groups is 1. The molecule has 0 aliphatic heterocycles. The number of rotatable bonds is 0. The summed E-state index contributed by atoms with van der Waals surface area (Å²) >= 11 is 0. The molecule has 0 aromatic heterocycles. The molecule has 0 amide bonds. The lowest BCUT2D eigenvalue weighted by Crippen LogP contribution is -2.50. The lowest BCUT2D eigenvalue weighted by Gasteiger charge is -2.52. The first-order valence-electron chi connectivity index (χ1n) is 16.4. The highest BCUT2D eigenvalue weighted by Crippen LogP contribution is 2.64. The summed E-state index contributed by atoms with van der Waals surface area (Å²) in [5.41, 5.74) is 4.44. The monoisotopic (exact) mass is 566 g/mol. The molecule has 3 N–H and O–H groups in total. The summed E-state index contributed by atoms with van der Waals surface area (Å²) in [6.07, 6.45) is 18.1. The lowest BCUT2D eigenvalue weighted by atomic mass is 9.53. The van der Waals surface area contributed by atoms with Gasteiger partial charge in [0.2, 0.25) is 0 Å². The number of hydrogen-bond acceptors (Lipinski definition) is 4. The number of aryl methyl sites for hydroxylation is 2. The second-order valence-electron chi connectivity index (χ2n) is 15.0. The average Bonchev–Trinajstić information content (AvgIpc) is 3.44. The smallest absolute Gasteiger partial charge is 0.139 e. The van der Waals surface area contributed by atoms with Crippen LogP contribution >= 0.6 is 0 Å². The molecule has 9 atom stereocenters. The maximum absolute atomic E-state index is 12.3. The predicted molar refractivity (Wildman–Crippen MR) is 164 cm³/mol. The van der Waals surface area contributed by atoms with Crippen LogP contribution in [0.4, 0.5) is 0 Å². The lowest BCUT2D eigenvalue weighted by molar-refractivity contribution is -0.129. The largest absolute Gasteiger partial charge is 0.508 e. The predicted octanol–water partition coefficient (Wildman–Crippen LogP) is 7.43. The molecule has 4 fully saturated rings. The Kier molecular flexibility index (Phi) is 6.59. The van der Waals surface area contributed by atoms with E-state index in [1.807, 2.05) is 24.3 Å². The van der Waals surface area contributed by atoms with Gasteiger partial charge in [0, 0.05) is 17.3 Å². The Morgan fingerprint density at radius 2 is 1.31 bits per heavy atom. The fraction of sp³-hybridized carbons (Fsp3) is 0.605. The van der Waals surface area contributed by atoms with E-state index in [4.69, 9.17) is 6.42 Å². The van der Waals surface area contributed by atoms with Crippen LogP contribution in [0, 0.1) is 46.8 Å². The van der Waals surface area contributed by atoms with Crippen molar-refractivity contribution in [1.29, 1.82) is 0 Å². The van der Waals surface area contributed by atoms with Gasteiger partial charge in [0.1, 0.15) is 22.9 Å². The van der Waals surface area contributed by atoms with E-state index >= 15 is 0 Å². The molecule has 6 aliphatic carbocycles. The topological polar surface area (TPSA) is 77.8 Å². The second kappa shape index (κ2) is 9.88. The van der Waals surface area contributed by atoms with Crippen LogP contribution in [-0.4, -0.2) is 26.7 Å². The van der Waals surface area contributed by atoms with Gasteiger partial charge in [0.15, 0.2) is 0 Å². The Bertz CT molecular complexity index is 1450. The van der Waals surface area contributed by atoms with Crippen LogP contribution in [0.3, 0.4) is 0 Å². The summed E-state index contributed by atoms with van der Waals surface area (Å²) < 4.78 is 0. The molecular weight excluding hydrogens is 520 g/mol. The van der Waals surface area contributed by atoms with Gasteiger partial charge in [-0.25, -0.2) is 0 Å². The number of hydrogen-bond donors (Lipinski definition) is 3. The molecule has 0 bridgehead atoms. The Morgan fingerprint density at radius 1 is 0.738 bits per heavy atom. The summed E-state index contributed by atoms with van der Waals surface area (Å²) in [4.78, 5) is 12.3. The SMILES string of the molecule is C#C[C@]1(O)CC[C@H]2[C@@H]3CCc4cc(O)ccc4[C@H]3CC[C@@]21C.C[C@]12CC[C@@H]3c4ccc(O)cc4CC[C@H]3[C@@H]1CCC2=O. The molecule has 0 unspecified atom stereocenters. The number of Topliss-reactive ketones (excluding diaryl/α,β-unsaturated/α-hetero) is 1. The molecule has 222 valence electrons. The number of phenols is 2. The van der Waals surface area contributed by atoms with Gasteiger partial charge in [0.25, 0.3) is 0 Å². The number of aromatic hydroxyl groups is 2.